The average Bonchev–Trinajstić information content (AvgIpc) is 3.03. The first-order chi connectivity index (χ1) is 14.3. The molecule has 0 atom stereocenters. The Labute approximate surface area is 175 Å². The number of aromatic hydroxyl groups is 1. The molecule has 0 fully saturated rings. The highest BCUT2D eigenvalue weighted by molar-refractivity contribution is 6.12. The fourth-order valence-electron chi connectivity index (χ4n) is 3.79. The van der Waals surface area contributed by atoms with Gasteiger partial charge in [-0.05, 0) is 44.9 Å². The first kappa shape index (κ1) is 21.4. The maximum atomic E-state index is 13.4. The summed E-state index contributed by atoms with van der Waals surface area (Å²) in [7, 11) is 0. The van der Waals surface area contributed by atoms with Crippen molar-refractivity contribution in [3.8, 4) is 11.9 Å². The van der Waals surface area contributed by atoms with E-state index in [4.69, 9.17) is 4.42 Å². The minimum Gasteiger partial charge on any atom is -0.494 e. The number of aromatic nitrogens is 1. The summed E-state index contributed by atoms with van der Waals surface area (Å²) in [5.74, 6) is -0.835. The Balaban J connectivity index is 2.15. The summed E-state index contributed by atoms with van der Waals surface area (Å²) in [4.78, 5) is 26.1. The third-order valence-electron chi connectivity index (χ3n) is 5.56. The van der Waals surface area contributed by atoms with Crippen molar-refractivity contribution in [3.63, 3.8) is 0 Å². The molecule has 2 aromatic heterocycles. The zero-order valence-corrected chi connectivity index (χ0v) is 17.8. The van der Waals surface area contributed by atoms with Gasteiger partial charge in [-0.2, -0.15) is 5.26 Å². The smallest absolute Gasteiger partial charge is 0.271 e. The predicted octanol–water partition coefficient (Wildman–Crippen LogP) is 4.91. The van der Waals surface area contributed by atoms with Crippen LogP contribution in [-0.4, -0.2) is 15.5 Å². The standard InChI is InChI=1S/C24H26N2O4/c1-5-6-7-8-11-26-23(28)18(13-25)15(3)20(24(26)29)21(27)22-16(4)17-12-14(2)9-10-19(17)30-22/h9-10,12,29H,5-8,11H2,1-4H3. The van der Waals surface area contributed by atoms with Crippen molar-refractivity contribution in [2.24, 2.45) is 0 Å². The van der Waals surface area contributed by atoms with Crippen molar-refractivity contribution in [1.29, 1.82) is 5.26 Å². The largest absolute Gasteiger partial charge is 0.494 e. The van der Waals surface area contributed by atoms with Crippen molar-refractivity contribution >= 4 is 16.8 Å². The molecule has 0 aliphatic rings. The van der Waals surface area contributed by atoms with E-state index in [1.807, 2.05) is 25.1 Å². The van der Waals surface area contributed by atoms with Gasteiger partial charge in [0, 0.05) is 17.5 Å². The van der Waals surface area contributed by atoms with E-state index in [1.165, 1.54) is 6.92 Å². The van der Waals surface area contributed by atoms with Crippen LogP contribution in [0.2, 0.25) is 0 Å². The molecule has 3 aromatic rings. The Bertz CT molecular complexity index is 1220. The number of hydrogen-bond donors (Lipinski definition) is 1. The van der Waals surface area contributed by atoms with Crippen LogP contribution in [0.15, 0.2) is 27.4 Å². The van der Waals surface area contributed by atoms with Crippen LogP contribution in [0.3, 0.4) is 0 Å². The summed E-state index contributed by atoms with van der Waals surface area (Å²) in [6, 6.07) is 7.54. The third-order valence-corrected chi connectivity index (χ3v) is 5.56. The van der Waals surface area contributed by atoms with Crippen molar-refractivity contribution in [1.82, 2.24) is 4.57 Å². The van der Waals surface area contributed by atoms with Crippen LogP contribution >= 0.6 is 0 Å². The molecule has 6 nitrogen and oxygen atoms in total. The van der Waals surface area contributed by atoms with Gasteiger partial charge in [0.15, 0.2) is 5.76 Å². The Morgan fingerprint density at radius 2 is 1.90 bits per heavy atom. The number of benzene rings is 1. The maximum Gasteiger partial charge on any atom is 0.271 e. The number of carbonyl (C=O) groups is 1. The highest BCUT2D eigenvalue weighted by Crippen LogP contribution is 2.31. The van der Waals surface area contributed by atoms with Crippen LogP contribution in [-0.2, 0) is 6.54 Å². The summed E-state index contributed by atoms with van der Waals surface area (Å²) in [5.41, 5.74) is 1.70. The second-order valence-electron chi connectivity index (χ2n) is 7.71. The molecule has 30 heavy (non-hydrogen) atoms. The van der Waals surface area contributed by atoms with Gasteiger partial charge in [-0.1, -0.05) is 37.8 Å². The molecule has 0 aliphatic heterocycles. The van der Waals surface area contributed by atoms with E-state index in [0.717, 1.165) is 34.8 Å². The molecule has 0 saturated heterocycles. The minimum absolute atomic E-state index is 0.0551. The molecule has 0 amide bonds. The van der Waals surface area contributed by atoms with Crippen LogP contribution < -0.4 is 5.56 Å². The molecule has 156 valence electrons. The molecular weight excluding hydrogens is 380 g/mol. The van der Waals surface area contributed by atoms with Crippen molar-refractivity contribution < 1.29 is 14.3 Å². The van der Waals surface area contributed by atoms with Gasteiger partial charge in [0.05, 0.1) is 5.56 Å². The van der Waals surface area contributed by atoms with E-state index in [9.17, 15) is 20.0 Å². The molecular formula is C24H26N2O4. The fraction of sp³-hybridized carbons (Fsp3) is 0.375. The van der Waals surface area contributed by atoms with Crippen LogP contribution in [0.25, 0.3) is 11.0 Å². The number of furan rings is 1. The molecule has 0 unspecified atom stereocenters. The van der Waals surface area contributed by atoms with Crippen molar-refractivity contribution in [2.45, 2.75) is 59.9 Å². The first-order valence-corrected chi connectivity index (χ1v) is 10.2. The van der Waals surface area contributed by atoms with Crippen molar-refractivity contribution in [3.05, 3.63) is 62.1 Å². The van der Waals surface area contributed by atoms with Gasteiger partial charge in [-0.25, -0.2) is 0 Å². The summed E-state index contributed by atoms with van der Waals surface area (Å²) >= 11 is 0. The van der Waals surface area contributed by atoms with Crippen LogP contribution in [0.5, 0.6) is 5.88 Å². The Kier molecular flexibility index (Phi) is 6.12. The number of pyridine rings is 1. The van der Waals surface area contributed by atoms with Crippen LogP contribution in [0.1, 0.15) is 71.0 Å². The number of carbonyl (C=O) groups excluding carboxylic acids is 1. The molecule has 0 saturated carbocycles. The molecule has 0 aliphatic carbocycles. The van der Waals surface area contributed by atoms with Crippen LogP contribution in [0, 0.1) is 32.1 Å². The molecule has 1 N–H and O–H groups in total. The Morgan fingerprint density at radius 1 is 1.17 bits per heavy atom. The van der Waals surface area contributed by atoms with Gasteiger partial charge in [-0.3, -0.25) is 14.2 Å². The number of aryl methyl sites for hydroxylation is 2. The van der Waals surface area contributed by atoms with E-state index < -0.39 is 17.2 Å². The van der Waals surface area contributed by atoms with Gasteiger partial charge in [0.2, 0.25) is 11.7 Å². The molecule has 0 radical (unpaired) electrons. The lowest BCUT2D eigenvalue weighted by Crippen LogP contribution is -2.27. The number of rotatable bonds is 7. The highest BCUT2D eigenvalue weighted by atomic mass is 16.3. The second-order valence-corrected chi connectivity index (χ2v) is 7.71. The maximum absolute atomic E-state index is 13.4. The van der Waals surface area contributed by atoms with Gasteiger partial charge in [0.1, 0.15) is 17.2 Å². The van der Waals surface area contributed by atoms with Crippen LogP contribution in [0.4, 0.5) is 0 Å². The third kappa shape index (κ3) is 3.63. The number of unbranched alkanes of at least 4 members (excludes halogenated alkanes) is 3. The summed E-state index contributed by atoms with van der Waals surface area (Å²) in [6.07, 6.45) is 3.61. The normalized spacial score (nSPS) is 11.0. The number of nitrogens with zero attached hydrogens (tertiary/aromatic N) is 2. The second kappa shape index (κ2) is 8.58. The molecule has 3 rings (SSSR count). The molecule has 1 aromatic carbocycles. The average molecular weight is 406 g/mol. The first-order valence-electron chi connectivity index (χ1n) is 10.2. The summed E-state index contributed by atoms with van der Waals surface area (Å²) < 4.78 is 6.94. The fourth-order valence-corrected chi connectivity index (χ4v) is 3.79. The SMILES string of the molecule is CCCCCCn1c(O)c(C(=O)c2oc3ccc(C)cc3c2C)c(C)c(C#N)c1=O. The van der Waals surface area contributed by atoms with Gasteiger partial charge in [-0.15, -0.1) is 0 Å². The predicted molar refractivity (Wildman–Crippen MR) is 115 cm³/mol. The van der Waals surface area contributed by atoms with E-state index in [2.05, 4.69) is 6.92 Å². The zero-order chi connectivity index (χ0) is 22.0. The van der Waals surface area contributed by atoms with E-state index in [-0.39, 0.29) is 29.0 Å². The lowest BCUT2D eigenvalue weighted by molar-refractivity contribution is 0.100. The monoisotopic (exact) mass is 406 g/mol. The quantitative estimate of drug-likeness (QED) is 0.444. The summed E-state index contributed by atoms with van der Waals surface area (Å²) in [6.45, 7) is 7.58. The van der Waals surface area contributed by atoms with Gasteiger partial charge < -0.3 is 9.52 Å². The lowest BCUT2D eigenvalue weighted by atomic mass is 9.98. The summed E-state index contributed by atoms with van der Waals surface area (Å²) in [5, 5.41) is 21.2. The van der Waals surface area contributed by atoms with Gasteiger partial charge >= 0.3 is 0 Å². The number of hydrogen-bond acceptors (Lipinski definition) is 5. The molecule has 0 spiro atoms. The zero-order valence-electron chi connectivity index (χ0n) is 17.8. The van der Waals surface area contributed by atoms with E-state index in [1.54, 1.807) is 13.0 Å². The molecule has 6 heteroatoms. The molecule has 0 bridgehead atoms. The Morgan fingerprint density at radius 3 is 2.57 bits per heavy atom. The van der Waals surface area contributed by atoms with E-state index in [0.29, 0.717) is 17.6 Å². The number of ketones is 1. The minimum atomic E-state index is -0.572. The lowest BCUT2D eigenvalue weighted by Gasteiger charge is -2.15. The Hall–Kier alpha value is -3.33. The number of nitriles is 1. The number of fused-ring (bicyclic) bond motifs is 1. The highest BCUT2D eigenvalue weighted by Gasteiger charge is 2.28. The van der Waals surface area contributed by atoms with Crippen molar-refractivity contribution in [2.75, 3.05) is 0 Å². The molecule has 2 heterocycles. The topological polar surface area (TPSA) is 96.2 Å². The van der Waals surface area contributed by atoms with E-state index >= 15 is 0 Å². The van der Waals surface area contributed by atoms with Gasteiger partial charge in [0.25, 0.3) is 5.56 Å².